The topological polar surface area (TPSA) is 77.3 Å². The molecule has 1 radical (unpaired) electrons. The van der Waals surface area contributed by atoms with Crippen LogP contribution in [0.5, 0.6) is 0 Å². The molecule has 0 aliphatic carbocycles. The minimum absolute atomic E-state index is 0. The molecule has 9 aromatic rings. The van der Waals surface area contributed by atoms with Crippen LogP contribution in [0.4, 0.5) is 50.4 Å². The molecule has 0 aliphatic heterocycles. The molecule has 3 aromatic carbocycles. The molecule has 0 unspecified atom stereocenters. The summed E-state index contributed by atoms with van der Waals surface area (Å²) in [5, 5.41) is 6.83. The van der Waals surface area contributed by atoms with Crippen LogP contribution in [-0.4, -0.2) is 29.9 Å². The van der Waals surface area contributed by atoms with E-state index in [1.165, 1.54) is 0 Å². The maximum absolute atomic E-state index is 10.7. The first kappa shape index (κ1) is 44.4. The Balaban J connectivity index is 0.000000163. The smallest absolute Gasteiger partial charge is 0.0964 e. The van der Waals surface area contributed by atoms with Gasteiger partial charge < -0.3 is 0 Å². The first-order valence-electron chi connectivity index (χ1n) is 15.6. The van der Waals surface area contributed by atoms with E-state index < -0.39 is 15.6 Å². The molecule has 0 saturated carbocycles. The van der Waals surface area contributed by atoms with E-state index >= 15 is 0 Å². The zero-order valence-electron chi connectivity index (χ0n) is 28.3. The van der Waals surface area contributed by atoms with Crippen LogP contribution in [0.1, 0.15) is 0 Å². The van der Waals surface area contributed by atoms with Gasteiger partial charge in [-0.25, -0.2) is 0 Å². The molecule has 6 nitrogen and oxygen atoms in total. The van der Waals surface area contributed by atoms with Crippen molar-refractivity contribution in [2.45, 2.75) is 0 Å². The van der Waals surface area contributed by atoms with Gasteiger partial charge in [0.25, 0.3) is 0 Å². The van der Waals surface area contributed by atoms with E-state index in [2.05, 4.69) is 103 Å². The molecule has 57 heavy (non-hydrogen) atoms. The Morgan fingerprint density at radius 1 is 0.246 bits per heavy atom. The van der Waals surface area contributed by atoms with Crippen LogP contribution < -0.4 is 0 Å². The molecule has 0 atom stereocenters. The fourth-order valence-electron chi connectivity index (χ4n) is 5.04. The van der Waals surface area contributed by atoms with Crippen molar-refractivity contribution in [3.05, 3.63) is 146 Å². The number of hydrogen-bond donors (Lipinski definition) is 0. The summed E-state index contributed by atoms with van der Waals surface area (Å²) in [6.07, 6.45) is 10.8. The SMILES string of the molecule is F[P-](F)(F)(F)(F)F.F[P-](F)(F)(F)(F)F.[Co].c1cnc2c(c1)ccc1cccnc12.c1cnc2c(c1)ccc1cccnc12.c1cnc2c(c1)ccc1cccnc12. The molecule has 0 amide bonds. The van der Waals surface area contributed by atoms with E-state index in [0.29, 0.717) is 0 Å². The van der Waals surface area contributed by atoms with E-state index in [1.807, 2.05) is 36.4 Å². The Hall–Kier alpha value is -5.35. The summed E-state index contributed by atoms with van der Waals surface area (Å²) in [5.41, 5.74) is 5.86. The first-order valence-corrected chi connectivity index (χ1v) is 19.7. The summed E-state index contributed by atoms with van der Waals surface area (Å²) < 4.78 is 118. The molecule has 6 aromatic heterocycles. The zero-order valence-corrected chi connectivity index (χ0v) is 31.1. The predicted octanol–water partition coefficient (Wildman–Crippen LogP) is 15.1. The molecular weight excluding hydrogens is 865 g/mol. The van der Waals surface area contributed by atoms with Crippen LogP contribution in [0.2, 0.25) is 0 Å². The number of halogens is 12. The molecule has 303 valence electrons. The Labute approximate surface area is 323 Å². The van der Waals surface area contributed by atoms with Crippen LogP contribution in [0.15, 0.2) is 146 Å². The van der Waals surface area contributed by atoms with Gasteiger partial charge in [-0.1, -0.05) is 72.8 Å². The zero-order chi connectivity index (χ0) is 41.0. The summed E-state index contributed by atoms with van der Waals surface area (Å²) in [7, 11) is -21.3. The summed E-state index contributed by atoms with van der Waals surface area (Å²) in [6.45, 7) is 0. The van der Waals surface area contributed by atoms with Crippen molar-refractivity contribution in [3.8, 4) is 0 Å². The molecule has 0 aliphatic rings. The van der Waals surface area contributed by atoms with Crippen molar-refractivity contribution >= 4 is 81.0 Å². The summed E-state index contributed by atoms with van der Waals surface area (Å²) in [6, 6.07) is 36.4. The molecule has 21 heteroatoms. The predicted molar refractivity (Wildman–Crippen MR) is 198 cm³/mol. The Bertz CT molecular complexity index is 2360. The summed E-state index contributed by atoms with van der Waals surface area (Å²) in [5.74, 6) is 0. The minimum Gasteiger partial charge on any atom is -0.254 e. The van der Waals surface area contributed by atoms with Crippen LogP contribution in [-0.2, 0) is 16.8 Å². The first-order chi connectivity index (χ1) is 25.7. The van der Waals surface area contributed by atoms with E-state index in [0.717, 1.165) is 65.4 Å². The average Bonchev–Trinajstić information content (AvgIpc) is 3.13. The number of aromatic nitrogens is 6. The standard InChI is InChI=1S/3C12H8N2.Co.2F6P/c3*1-3-9-5-6-10-4-2-8-14-12(10)11(9)13-7-1;;2*1-7(2,3,4,5)6/h3*1-8H;;;/q;;;;2*-1. The van der Waals surface area contributed by atoms with Gasteiger partial charge in [-0.3, -0.25) is 29.9 Å². The quantitative estimate of drug-likeness (QED) is 0.0857. The molecule has 6 heterocycles. The summed E-state index contributed by atoms with van der Waals surface area (Å²) in [4.78, 5) is 26.1. The van der Waals surface area contributed by atoms with Crippen LogP contribution >= 0.6 is 15.6 Å². The summed E-state index contributed by atoms with van der Waals surface area (Å²) >= 11 is 0. The Morgan fingerprint density at radius 2 is 0.368 bits per heavy atom. The average molecular weight is 889 g/mol. The third kappa shape index (κ3) is 15.6. The molecule has 9 rings (SSSR count). The Morgan fingerprint density at radius 3 is 0.491 bits per heavy atom. The molecular formula is C36H24CoF12N6P2-2. The number of rotatable bonds is 0. The number of nitrogens with zero attached hydrogens (tertiary/aromatic N) is 6. The van der Waals surface area contributed by atoms with E-state index in [1.54, 1.807) is 37.2 Å². The molecule has 0 bridgehead atoms. The maximum atomic E-state index is 9.87. The van der Waals surface area contributed by atoms with Crippen LogP contribution in [0.3, 0.4) is 0 Å². The van der Waals surface area contributed by atoms with Crippen molar-refractivity contribution in [2.24, 2.45) is 0 Å². The van der Waals surface area contributed by atoms with Crippen molar-refractivity contribution in [3.63, 3.8) is 0 Å². The second-order valence-electron chi connectivity index (χ2n) is 11.6. The number of benzene rings is 3. The van der Waals surface area contributed by atoms with Gasteiger partial charge in [0.15, 0.2) is 0 Å². The van der Waals surface area contributed by atoms with Gasteiger partial charge in [0.1, 0.15) is 0 Å². The van der Waals surface area contributed by atoms with E-state index in [-0.39, 0.29) is 16.8 Å². The molecule has 0 fully saturated rings. The largest absolute Gasteiger partial charge is 0.254 e. The number of pyridine rings is 6. The van der Waals surface area contributed by atoms with Crippen LogP contribution in [0.25, 0.3) is 65.4 Å². The fraction of sp³-hybridized carbons (Fsp3) is 0. The third-order valence-corrected chi connectivity index (χ3v) is 7.03. The molecule has 0 spiro atoms. The second kappa shape index (κ2) is 15.2. The number of hydrogen-bond acceptors (Lipinski definition) is 6. The van der Waals surface area contributed by atoms with Gasteiger partial charge in [0, 0.05) is 86.3 Å². The van der Waals surface area contributed by atoms with Crippen LogP contribution in [0, 0.1) is 0 Å². The third-order valence-electron chi connectivity index (χ3n) is 7.03. The van der Waals surface area contributed by atoms with Crippen molar-refractivity contribution < 1.29 is 67.1 Å². The minimum atomic E-state index is -10.7. The maximum Gasteiger partial charge on any atom is 0.0964 e. The van der Waals surface area contributed by atoms with Gasteiger partial charge in [-0.05, 0) is 36.4 Å². The van der Waals surface area contributed by atoms with E-state index in [9.17, 15) is 50.4 Å². The van der Waals surface area contributed by atoms with E-state index in [4.69, 9.17) is 0 Å². The van der Waals surface area contributed by atoms with Gasteiger partial charge in [-0.2, -0.15) is 0 Å². The van der Waals surface area contributed by atoms with Gasteiger partial charge in [-0.15, -0.1) is 0 Å². The van der Waals surface area contributed by atoms with Gasteiger partial charge in [0.2, 0.25) is 0 Å². The Kier molecular flexibility index (Phi) is 11.8. The monoisotopic (exact) mass is 889 g/mol. The van der Waals surface area contributed by atoms with Crippen molar-refractivity contribution in [2.75, 3.05) is 0 Å². The van der Waals surface area contributed by atoms with Crippen molar-refractivity contribution in [1.29, 1.82) is 0 Å². The van der Waals surface area contributed by atoms with Crippen molar-refractivity contribution in [1.82, 2.24) is 29.9 Å². The number of fused-ring (bicyclic) bond motifs is 9. The fourth-order valence-corrected chi connectivity index (χ4v) is 5.04. The second-order valence-corrected chi connectivity index (χ2v) is 15.4. The molecule has 0 saturated heterocycles. The van der Waals surface area contributed by atoms with Gasteiger partial charge in [0.05, 0.1) is 33.1 Å². The van der Waals surface area contributed by atoms with Gasteiger partial charge >= 0.3 is 66.0 Å². The normalized spacial score (nSPS) is 13.7. The molecule has 0 N–H and O–H groups in total.